The molecule has 2 aromatic heterocycles. The first kappa shape index (κ1) is 29.9. The minimum Gasteiger partial charge on any atom is -0.462 e. The van der Waals surface area contributed by atoms with Gasteiger partial charge in [-0.25, -0.2) is 15.4 Å². The molecule has 230 valence electrons. The first-order valence-corrected chi connectivity index (χ1v) is 15.1. The minimum atomic E-state index is -1.07. The van der Waals surface area contributed by atoms with Crippen molar-refractivity contribution in [1.82, 2.24) is 24.8 Å². The topological polar surface area (TPSA) is 79.1 Å². The van der Waals surface area contributed by atoms with Crippen molar-refractivity contribution in [2.45, 2.75) is 51.6 Å². The lowest BCUT2D eigenvalue weighted by Crippen LogP contribution is -2.56. The van der Waals surface area contributed by atoms with Crippen molar-refractivity contribution in [3.8, 4) is 17.3 Å². The summed E-state index contributed by atoms with van der Waals surface area (Å²) < 4.78 is 36.5. The van der Waals surface area contributed by atoms with Gasteiger partial charge in [0.15, 0.2) is 11.6 Å². The smallest absolute Gasteiger partial charge is 0.319 e. The maximum Gasteiger partial charge on any atom is 0.319 e. The number of anilines is 1. The number of aromatic nitrogens is 3. The summed E-state index contributed by atoms with van der Waals surface area (Å²) in [5.74, 6) is -2.04. The zero-order chi connectivity index (χ0) is 31.2. The Bertz CT molecular complexity index is 1670. The van der Waals surface area contributed by atoms with E-state index in [1.165, 1.54) is 10.5 Å². The van der Waals surface area contributed by atoms with E-state index in [0.29, 0.717) is 17.8 Å². The van der Waals surface area contributed by atoms with Crippen molar-refractivity contribution in [2.24, 2.45) is 5.41 Å². The molecule has 1 amide bonds. The second-order valence-electron chi connectivity index (χ2n) is 12.9. The molecule has 0 spiro atoms. The molecule has 3 aromatic rings. The van der Waals surface area contributed by atoms with Gasteiger partial charge in [-0.15, -0.1) is 0 Å². The van der Waals surface area contributed by atoms with Crippen molar-refractivity contribution >= 4 is 22.6 Å². The molecule has 1 aromatic carbocycles. The van der Waals surface area contributed by atoms with E-state index in [1.54, 1.807) is 6.20 Å². The monoisotopic (exact) mass is 601 g/mol. The van der Waals surface area contributed by atoms with Crippen molar-refractivity contribution in [2.75, 3.05) is 51.3 Å². The van der Waals surface area contributed by atoms with Gasteiger partial charge >= 0.3 is 6.01 Å². The first-order valence-electron chi connectivity index (χ1n) is 15.1. The molecule has 9 nitrogen and oxygen atoms in total. The zero-order valence-electron chi connectivity index (χ0n) is 25.4. The molecule has 44 heavy (non-hydrogen) atoms. The lowest BCUT2D eigenvalue weighted by molar-refractivity contribution is -0.131. The highest BCUT2D eigenvalue weighted by Crippen LogP contribution is 2.42. The highest BCUT2D eigenvalue weighted by atomic mass is 19.1. The molecule has 0 N–H and O–H groups in total. The van der Waals surface area contributed by atoms with Crippen LogP contribution in [0.4, 0.5) is 14.6 Å². The average molecular weight is 602 g/mol. The number of hydrogen-bond acceptors (Lipinski definition) is 7. The van der Waals surface area contributed by atoms with Crippen LogP contribution in [0, 0.1) is 17.8 Å². The number of pyridine rings is 1. The van der Waals surface area contributed by atoms with E-state index < -0.39 is 23.6 Å². The number of likely N-dealkylation sites (tertiary alicyclic amines) is 1. The number of rotatable bonds is 7. The van der Waals surface area contributed by atoms with Gasteiger partial charge in [0, 0.05) is 37.4 Å². The number of nitrogens with zero attached hydrogens (tertiary/aromatic N) is 7. The van der Waals surface area contributed by atoms with E-state index in [1.807, 2.05) is 17.0 Å². The van der Waals surface area contributed by atoms with Crippen molar-refractivity contribution in [3.63, 3.8) is 0 Å². The molecular formula is C33H37F2N7O2. The summed E-state index contributed by atoms with van der Waals surface area (Å²) in [7, 11) is 2.05. The van der Waals surface area contributed by atoms with Crippen LogP contribution in [0.2, 0.25) is 0 Å². The summed E-state index contributed by atoms with van der Waals surface area (Å²) in [6.07, 6.45) is 5.41. The zero-order valence-corrected chi connectivity index (χ0v) is 25.4. The highest BCUT2D eigenvalue weighted by molar-refractivity contribution is 5.93. The Morgan fingerprint density at radius 2 is 2.02 bits per heavy atom. The number of amides is 1. The van der Waals surface area contributed by atoms with Crippen LogP contribution in [0.1, 0.15) is 37.8 Å². The second-order valence-corrected chi connectivity index (χ2v) is 12.9. The van der Waals surface area contributed by atoms with E-state index in [4.69, 9.17) is 16.3 Å². The predicted octanol–water partition coefficient (Wildman–Crippen LogP) is 4.85. The molecule has 0 bridgehead atoms. The quantitative estimate of drug-likeness (QED) is 0.283. The summed E-state index contributed by atoms with van der Waals surface area (Å²) >= 11 is 0. The molecule has 2 fully saturated rings. The van der Waals surface area contributed by atoms with E-state index in [-0.39, 0.29) is 54.9 Å². The van der Waals surface area contributed by atoms with Gasteiger partial charge in [-0.05, 0) is 55.8 Å². The molecule has 2 saturated heterocycles. The largest absolute Gasteiger partial charge is 0.462 e. The number of fused-ring (bicyclic) bond motifs is 2. The third-order valence-corrected chi connectivity index (χ3v) is 9.15. The SMILES string of the molecule is [C-]#[N+]C[C@H]1CN(c2nc(OC[C@@H]3CCCN3C)nc3c(F)c(-c4cccc5c4CC(C)(C)C5)ncc23)CCN1C(=O)C(=C)F. The summed E-state index contributed by atoms with van der Waals surface area (Å²) in [6, 6.07) is 5.62. The van der Waals surface area contributed by atoms with Gasteiger partial charge in [0.25, 0.3) is 5.91 Å². The normalized spacial score (nSPS) is 21.4. The molecular weight excluding hydrogens is 564 g/mol. The molecule has 3 aliphatic rings. The van der Waals surface area contributed by atoms with Crippen LogP contribution in [0.5, 0.6) is 6.01 Å². The maximum atomic E-state index is 16.6. The maximum absolute atomic E-state index is 16.6. The third-order valence-electron chi connectivity index (χ3n) is 9.15. The molecule has 0 radical (unpaired) electrons. The van der Waals surface area contributed by atoms with Crippen LogP contribution in [0.15, 0.2) is 36.8 Å². The lowest BCUT2D eigenvalue weighted by atomic mass is 9.89. The Morgan fingerprint density at radius 3 is 2.75 bits per heavy atom. The van der Waals surface area contributed by atoms with E-state index in [0.717, 1.165) is 43.4 Å². The molecule has 6 rings (SSSR count). The summed E-state index contributed by atoms with van der Waals surface area (Å²) in [4.78, 5) is 35.3. The number of piperazine rings is 1. The summed E-state index contributed by atoms with van der Waals surface area (Å²) in [5, 5.41) is 0.403. The number of ether oxygens (including phenoxy) is 1. The van der Waals surface area contributed by atoms with Crippen molar-refractivity contribution < 1.29 is 18.3 Å². The molecule has 0 unspecified atom stereocenters. The van der Waals surface area contributed by atoms with Crippen molar-refractivity contribution in [3.05, 3.63) is 65.2 Å². The fourth-order valence-corrected chi connectivity index (χ4v) is 6.90. The Balaban J connectivity index is 1.42. The molecule has 0 saturated carbocycles. The van der Waals surface area contributed by atoms with Gasteiger partial charge in [-0.1, -0.05) is 38.6 Å². The Morgan fingerprint density at radius 1 is 1.20 bits per heavy atom. The third kappa shape index (κ3) is 5.59. The van der Waals surface area contributed by atoms with Crippen LogP contribution in [0.3, 0.4) is 0 Å². The van der Waals surface area contributed by atoms with Crippen LogP contribution >= 0.6 is 0 Å². The number of carbonyl (C=O) groups is 1. The molecule has 1 aliphatic carbocycles. The first-order chi connectivity index (χ1) is 21.1. The van der Waals surface area contributed by atoms with Crippen LogP contribution in [-0.4, -0.2) is 89.1 Å². The number of likely N-dealkylation sites (N-methyl/N-ethyl adjacent to an activating group) is 1. The summed E-state index contributed by atoms with van der Waals surface area (Å²) in [5.41, 5.74) is 3.49. The number of carbonyl (C=O) groups excluding carboxylic acids is 1. The van der Waals surface area contributed by atoms with E-state index in [9.17, 15) is 9.18 Å². The number of halogens is 2. The van der Waals surface area contributed by atoms with Crippen LogP contribution < -0.4 is 9.64 Å². The number of hydrogen-bond donors (Lipinski definition) is 0. The standard InChI is InChI=1S/C33H37F2N7O2/c1-20(34)31(43)42-13-12-41(18-23(42)16-36-4)30-26-17-37-28(24-10-6-8-21-14-33(2,3)15-25(21)24)27(35)29(26)38-32(39-30)44-19-22-9-7-11-40(22)5/h6,8,10,17,22-23H,1,7,9,11-16,18-19H2,2-3,5H3/t22-,23-/m0/s1. The van der Waals surface area contributed by atoms with E-state index in [2.05, 4.69) is 53.3 Å². The molecule has 11 heteroatoms. The van der Waals surface area contributed by atoms with Gasteiger partial charge in [0.2, 0.25) is 6.54 Å². The van der Waals surface area contributed by atoms with Crippen LogP contribution in [0.25, 0.3) is 27.0 Å². The van der Waals surface area contributed by atoms with Gasteiger partial charge < -0.3 is 24.3 Å². The Kier molecular flexibility index (Phi) is 7.97. The molecule has 4 heterocycles. The second kappa shape index (κ2) is 11.7. The predicted molar refractivity (Wildman–Crippen MR) is 164 cm³/mol. The Hall–Kier alpha value is -4.17. The minimum absolute atomic E-state index is 0.0257. The highest BCUT2D eigenvalue weighted by Gasteiger charge is 2.36. The Labute approximate surface area is 256 Å². The fourth-order valence-electron chi connectivity index (χ4n) is 6.90. The van der Waals surface area contributed by atoms with E-state index >= 15 is 4.39 Å². The lowest BCUT2D eigenvalue weighted by Gasteiger charge is -2.39. The van der Waals surface area contributed by atoms with Crippen LogP contribution in [-0.2, 0) is 17.6 Å². The fraction of sp³-hybridized carbons (Fsp3) is 0.485. The summed E-state index contributed by atoms with van der Waals surface area (Å²) in [6.45, 7) is 16.9. The van der Waals surface area contributed by atoms with Gasteiger partial charge in [0.1, 0.15) is 29.7 Å². The van der Waals surface area contributed by atoms with Gasteiger partial charge in [0.05, 0.1) is 5.39 Å². The van der Waals surface area contributed by atoms with Gasteiger partial charge in [-0.2, -0.15) is 9.97 Å². The molecule has 2 atom stereocenters. The number of benzene rings is 1. The average Bonchev–Trinajstić information content (AvgIpc) is 3.56. The van der Waals surface area contributed by atoms with Crippen molar-refractivity contribution in [1.29, 1.82) is 0 Å². The molecule has 2 aliphatic heterocycles. The van der Waals surface area contributed by atoms with Gasteiger partial charge in [-0.3, -0.25) is 9.78 Å².